The largest absolute Gasteiger partial charge is 0.237 e. The molecule has 6 aromatic carbocycles. The van der Waals surface area contributed by atoms with Crippen molar-refractivity contribution >= 4 is 40.1 Å². The minimum absolute atomic E-state index is 0.800. The van der Waals surface area contributed by atoms with E-state index in [1.807, 2.05) is 6.07 Å². The van der Waals surface area contributed by atoms with Crippen LogP contribution >= 0.6 is 0 Å². The molecule has 41 heavy (non-hydrogen) atoms. The summed E-state index contributed by atoms with van der Waals surface area (Å²) in [6.45, 7) is 4.92. The summed E-state index contributed by atoms with van der Waals surface area (Å²) in [5, 5.41) is 7.95. The lowest BCUT2D eigenvalue weighted by Crippen LogP contribution is -2.51. The molecule has 1 aromatic heterocycles. The van der Waals surface area contributed by atoms with Crippen molar-refractivity contribution in [1.82, 2.24) is 9.97 Å². The van der Waals surface area contributed by atoms with Crippen LogP contribution in [0.1, 0.15) is 0 Å². The summed E-state index contributed by atoms with van der Waals surface area (Å²) in [4.78, 5) is 10.8. The quantitative estimate of drug-likeness (QED) is 0.166. The average molecular weight is 541 g/mol. The molecule has 8 rings (SSSR count). The molecule has 194 valence electrons. The molecule has 0 radical (unpaired) electrons. The van der Waals surface area contributed by atoms with Gasteiger partial charge in [0.05, 0.1) is 5.69 Å². The summed E-state index contributed by atoms with van der Waals surface area (Å²) in [7, 11) is -2.21. The number of hydrogen-bond donors (Lipinski definition) is 0. The van der Waals surface area contributed by atoms with Crippen LogP contribution in [0.25, 0.3) is 66.4 Å². The maximum absolute atomic E-state index is 5.41. The Hall–Kier alpha value is -4.86. The van der Waals surface area contributed by atoms with Crippen molar-refractivity contribution < 1.29 is 0 Å². The molecular formula is C38H28N2Si. The van der Waals surface area contributed by atoms with Crippen molar-refractivity contribution in [1.29, 1.82) is 0 Å². The first-order chi connectivity index (χ1) is 20.1. The van der Waals surface area contributed by atoms with Crippen LogP contribution in [0.3, 0.4) is 0 Å². The molecule has 1 aliphatic heterocycles. The molecular weight excluding hydrogens is 513 g/mol. The zero-order chi connectivity index (χ0) is 27.6. The van der Waals surface area contributed by atoms with Gasteiger partial charge in [-0.05, 0) is 43.4 Å². The molecule has 2 nitrogen and oxygen atoms in total. The van der Waals surface area contributed by atoms with Crippen LogP contribution in [0, 0.1) is 0 Å². The third-order valence-electron chi connectivity index (χ3n) is 8.61. The minimum Gasteiger partial charge on any atom is -0.237 e. The van der Waals surface area contributed by atoms with Gasteiger partial charge in [-0.25, -0.2) is 9.97 Å². The third kappa shape index (κ3) is 3.63. The Morgan fingerprint density at radius 3 is 1.56 bits per heavy atom. The predicted molar refractivity (Wildman–Crippen MR) is 176 cm³/mol. The smallest absolute Gasteiger partial charge is 0.159 e. The topological polar surface area (TPSA) is 25.8 Å². The predicted octanol–water partition coefficient (Wildman–Crippen LogP) is 8.59. The average Bonchev–Trinajstić information content (AvgIpc) is 3.29. The Labute approximate surface area is 241 Å². The standard InChI is InChI=1S/C38H28N2Si/c1-41(2)36-32-20-12-10-18-30(32)29-17-9-11-19-31(29)33(36)34-35(39-37(40-38(34)41)28-15-7-4-8-16-28)27-23-21-26(22-24-27)25-13-5-3-6-14-25/h3-24H,1-2H3. The van der Waals surface area contributed by atoms with Gasteiger partial charge in [-0.15, -0.1) is 0 Å². The lowest BCUT2D eigenvalue weighted by molar-refractivity contribution is 1.21. The van der Waals surface area contributed by atoms with E-state index in [9.17, 15) is 0 Å². The van der Waals surface area contributed by atoms with E-state index < -0.39 is 8.07 Å². The van der Waals surface area contributed by atoms with Crippen LogP contribution in [-0.4, -0.2) is 18.0 Å². The van der Waals surface area contributed by atoms with Gasteiger partial charge in [-0.3, -0.25) is 0 Å². The number of aromatic nitrogens is 2. The zero-order valence-electron chi connectivity index (χ0n) is 23.1. The summed E-state index contributed by atoms with van der Waals surface area (Å²) >= 11 is 0. The highest BCUT2D eigenvalue weighted by atomic mass is 28.3. The Bertz CT molecular complexity index is 2100. The molecule has 0 atom stereocenters. The molecule has 7 aromatic rings. The second-order valence-electron chi connectivity index (χ2n) is 11.4. The summed E-state index contributed by atoms with van der Waals surface area (Å²) in [6, 6.07) is 47.7. The second kappa shape index (κ2) is 9.08. The monoisotopic (exact) mass is 540 g/mol. The molecule has 0 bridgehead atoms. The van der Waals surface area contributed by atoms with Gasteiger partial charge in [0, 0.05) is 22.0 Å². The Balaban J connectivity index is 1.47. The van der Waals surface area contributed by atoms with E-state index >= 15 is 0 Å². The molecule has 1 aliphatic rings. The first kappa shape index (κ1) is 24.0. The number of hydrogen-bond acceptors (Lipinski definition) is 2. The van der Waals surface area contributed by atoms with E-state index in [0.29, 0.717) is 0 Å². The maximum Gasteiger partial charge on any atom is 0.159 e. The van der Waals surface area contributed by atoms with E-state index in [1.54, 1.807) is 0 Å². The maximum atomic E-state index is 5.41. The molecule has 0 aliphatic carbocycles. The number of rotatable bonds is 3. The number of benzene rings is 6. The first-order valence-electron chi connectivity index (χ1n) is 14.2. The normalized spacial score (nSPS) is 13.3. The first-order valence-corrected chi connectivity index (χ1v) is 17.2. The van der Waals surface area contributed by atoms with Crippen LogP contribution in [0.2, 0.25) is 13.1 Å². The molecule has 0 N–H and O–H groups in total. The van der Waals surface area contributed by atoms with Crippen molar-refractivity contribution in [3.63, 3.8) is 0 Å². The van der Waals surface area contributed by atoms with Crippen LogP contribution in [0.4, 0.5) is 0 Å². The highest BCUT2D eigenvalue weighted by Gasteiger charge is 2.44. The summed E-state index contributed by atoms with van der Waals surface area (Å²) in [5.41, 5.74) is 8.15. The fourth-order valence-electron chi connectivity index (χ4n) is 6.69. The molecule has 0 saturated carbocycles. The molecule has 0 unspecified atom stereocenters. The van der Waals surface area contributed by atoms with Gasteiger partial charge in [0.25, 0.3) is 0 Å². The minimum atomic E-state index is -2.21. The van der Waals surface area contributed by atoms with Crippen LogP contribution in [0.5, 0.6) is 0 Å². The van der Waals surface area contributed by atoms with Crippen molar-refractivity contribution in [3.05, 3.63) is 133 Å². The van der Waals surface area contributed by atoms with Gasteiger partial charge in [0.2, 0.25) is 0 Å². The molecule has 0 amide bonds. The SMILES string of the molecule is C[Si]1(C)c2nc(-c3ccccc3)nc(-c3ccc(-c4ccccc4)cc3)c2-c2c1c1ccccc1c1ccccc21. The van der Waals surface area contributed by atoms with Gasteiger partial charge < -0.3 is 0 Å². The second-order valence-corrected chi connectivity index (χ2v) is 15.6. The number of fused-ring (bicyclic) bond motifs is 8. The van der Waals surface area contributed by atoms with Gasteiger partial charge in [-0.2, -0.15) is 0 Å². The molecule has 0 spiro atoms. The van der Waals surface area contributed by atoms with Crippen molar-refractivity contribution in [2.45, 2.75) is 13.1 Å². The van der Waals surface area contributed by atoms with E-state index in [2.05, 4.69) is 140 Å². The summed E-state index contributed by atoms with van der Waals surface area (Å²) in [5.74, 6) is 0.800. The fraction of sp³-hybridized carbons (Fsp3) is 0.0526. The van der Waals surface area contributed by atoms with Gasteiger partial charge >= 0.3 is 0 Å². The molecule has 3 heteroatoms. The van der Waals surface area contributed by atoms with Gasteiger partial charge in [0.1, 0.15) is 8.07 Å². The molecule has 0 fully saturated rings. The van der Waals surface area contributed by atoms with Crippen LogP contribution < -0.4 is 10.5 Å². The molecule has 2 heterocycles. The van der Waals surface area contributed by atoms with Crippen molar-refractivity contribution in [2.75, 3.05) is 0 Å². The highest BCUT2D eigenvalue weighted by molar-refractivity contribution is 7.05. The van der Waals surface area contributed by atoms with Gasteiger partial charge in [0.15, 0.2) is 5.82 Å². The lowest BCUT2D eigenvalue weighted by Gasteiger charge is -2.21. The van der Waals surface area contributed by atoms with Crippen molar-refractivity contribution in [3.8, 4) is 44.9 Å². The van der Waals surface area contributed by atoms with E-state index in [4.69, 9.17) is 9.97 Å². The fourth-order valence-corrected chi connectivity index (χ4v) is 9.96. The van der Waals surface area contributed by atoms with Crippen LogP contribution in [-0.2, 0) is 0 Å². The third-order valence-corrected chi connectivity index (χ3v) is 11.9. The van der Waals surface area contributed by atoms with E-state index in [1.165, 1.54) is 54.3 Å². The number of nitrogens with zero attached hydrogens (tertiary/aromatic N) is 2. The van der Waals surface area contributed by atoms with Gasteiger partial charge in [-0.1, -0.05) is 147 Å². The zero-order valence-corrected chi connectivity index (χ0v) is 24.1. The Kier molecular flexibility index (Phi) is 5.31. The Morgan fingerprint density at radius 1 is 0.415 bits per heavy atom. The summed E-state index contributed by atoms with van der Waals surface area (Å²) < 4.78 is 0. The van der Waals surface area contributed by atoms with Crippen LogP contribution in [0.15, 0.2) is 133 Å². The molecule has 0 saturated heterocycles. The van der Waals surface area contributed by atoms with Crippen molar-refractivity contribution in [2.24, 2.45) is 0 Å². The summed E-state index contributed by atoms with van der Waals surface area (Å²) in [6.07, 6.45) is 0. The highest BCUT2D eigenvalue weighted by Crippen LogP contribution is 2.43. The Morgan fingerprint density at radius 2 is 0.902 bits per heavy atom. The van der Waals surface area contributed by atoms with E-state index in [0.717, 1.165) is 22.6 Å². The van der Waals surface area contributed by atoms with E-state index in [-0.39, 0.29) is 0 Å². The lowest BCUT2D eigenvalue weighted by atomic mass is 9.91.